The Morgan fingerprint density at radius 3 is 0.267 bits per heavy atom. The molecule has 0 aromatic carbocycles. The molecule has 0 unspecified atom stereocenters. The van der Waals surface area contributed by atoms with Crippen molar-refractivity contribution in [3.05, 3.63) is 0 Å². The maximum atomic E-state index is 10.4. The monoisotopic (exact) mass is 1280 g/mol. The summed E-state index contributed by atoms with van der Waals surface area (Å²) >= 11 is 0. The molecule has 5 N–H and O–H groups in total. The van der Waals surface area contributed by atoms with E-state index in [2.05, 4.69) is 34.6 Å². The van der Waals surface area contributed by atoms with E-state index in [-0.39, 0.29) is 0 Å². The zero-order valence-corrected chi connectivity index (χ0v) is 61.3. The minimum absolute atomic E-state index is 0.343. The summed E-state index contributed by atoms with van der Waals surface area (Å²) in [6.07, 6.45) is 86.4. The summed E-state index contributed by atoms with van der Waals surface area (Å²) in [7, 11) is 0. The van der Waals surface area contributed by atoms with Crippen molar-refractivity contribution in [3.63, 3.8) is 0 Å². The van der Waals surface area contributed by atoms with Crippen LogP contribution in [0.25, 0.3) is 0 Å². The summed E-state index contributed by atoms with van der Waals surface area (Å²) < 4.78 is 0. The molecule has 0 rings (SSSR count). The van der Waals surface area contributed by atoms with Crippen LogP contribution in [0, 0.1) is 0 Å². The number of hydrogen-bond acceptors (Lipinski definition) is 5. The Hall–Kier alpha value is -2.65. The zero-order chi connectivity index (χ0) is 67.4. The first kappa shape index (κ1) is 96.0. The van der Waals surface area contributed by atoms with Crippen LogP contribution in [-0.2, 0) is 24.0 Å². The third-order valence-corrected chi connectivity index (χ3v) is 17.5. The minimum atomic E-state index is -0.659. The highest BCUT2D eigenvalue weighted by molar-refractivity contribution is 5.67. The molecule has 0 aromatic rings. The number of rotatable bonds is 70. The number of aliphatic carboxylic acids is 5. The number of carboxylic acid groups (broad SMARTS) is 5. The lowest BCUT2D eigenvalue weighted by Gasteiger charge is -2.03. The first-order valence-corrected chi connectivity index (χ1v) is 39.9. The van der Waals surface area contributed by atoms with Crippen LogP contribution in [0.2, 0.25) is 0 Å². The number of unbranched alkanes of at least 4 members (excludes halogenated alkanes) is 60. The van der Waals surface area contributed by atoms with E-state index in [0.717, 1.165) is 64.2 Å². The smallest absolute Gasteiger partial charge is 0.303 e. The van der Waals surface area contributed by atoms with E-state index in [1.165, 1.54) is 353 Å². The van der Waals surface area contributed by atoms with Gasteiger partial charge in [-0.1, -0.05) is 420 Å². The zero-order valence-electron chi connectivity index (χ0n) is 61.3. The second-order valence-corrected chi connectivity index (χ2v) is 26.9. The quantitative estimate of drug-likeness (QED) is 0.0367. The van der Waals surface area contributed by atoms with Gasteiger partial charge in [-0.25, -0.2) is 0 Å². The highest BCUT2D eigenvalue weighted by Crippen LogP contribution is 2.18. The summed E-state index contributed by atoms with van der Waals surface area (Å²) in [6.45, 7) is 11.3. The molecule has 0 atom stereocenters. The fourth-order valence-electron chi connectivity index (χ4n) is 11.5. The van der Waals surface area contributed by atoms with Gasteiger partial charge in [-0.2, -0.15) is 0 Å². The van der Waals surface area contributed by atoms with Crippen molar-refractivity contribution in [1.82, 2.24) is 0 Å². The predicted molar refractivity (Wildman–Crippen MR) is 390 cm³/mol. The molecule has 0 heterocycles. The molecule has 10 nitrogen and oxygen atoms in total. The van der Waals surface area contributed by atoms with Gasteiger partial charge in [0.15, 0.2) is 0 Å². The molecule has 540 valence electrons. The van der Waals surface area contributed by atoms with Crippen molar-refractivity contribution >= 4 is 29.8 Å². The molecule has 0 radical (unpaired) electrons. The highest BCUT2D eigenvalue weighted by atomic mass is 16.4. The molecule has 0 aliphatic rings. The molecular formula is C80H160O10. The van der Waals surface area contributed by atoms with E-state index in [9.17, 15) is 24.0 Å². The van der Waals surface area contributed by atoms with E-state index in [0.29, 0.717) is 32.1 Å². The largest absolute Gasteiger partial charge is 0.481 e. The van der Waals surface area contributed by atoms with Gasteiger partial charge < -0.3 is 25.5 Å². The Balaban J connectivity index is -0.000000337. The number of carboxylic acids is 5. The van der Waals surface area contributed by atoms with Crippen molar-refractivity contribution < 1.29 is 49.5 Å². The molecule has 0 fully saturated rings. The molecule has 0 spiro atoms. The fraction of sp³-hybridized carbons (Fsp3) is 0.938. The first-order chi connectivity index (χ1) is 43.9. The van der Waals surface area contributed by atoms with Gasteiger partial charge in [-0.05, 0) is 32.1 Å². The van der Waals surface area contributed by atoms with Crippen LogP contribution in [-0.4, -0.2) is 55.4 Å². The standard InChI is InChI=1S/C20H40O2.C18H36O2.C16H32O2.C14H28O2.C12H24O2/c1-2-3-4-5-6-7-8-9-10-11-12-13-14-15-16-17-18-19-20(21)22;1-2-3-4-5-6-7-8-9-10-11-12-13-14-15-16-17-18(19)20;1-2-3-4-5-6-7-8-9-10-11-12-13-14-15-16(17)18;1-2-3-4-5-6-7-8-9-10-11-12-13-14(15)16;1-2-3-4-5-6-7-8-9-10-11-12(13)14/h2-19H2,1H3,(H,21,22);2-17H2,1H3,(H,19,20);2-15H2,1H3,(H,17,18);2-13H2,1H3,(H,15,16);2-11H2,1H3,(H,13,14). The molecule has 0 aliphatic heterocycles. The van der Waals surface area contributed by atoms with Gasteiger partial charge in [-0.3, -0.25) is 24.0 Å². The van der Waals surface area contributed by atoms with Gasteiger partial charge in [-0.15, -0.1) is 0 Å². The van der Waals surface area contributed by atoms with Gasteiger partial charge in [0, 0.05) is 32.1 Å². The van der Waals surface area contributed by atoms with E-state index in [1.54, 1.807) is 0 Å². The van der Waals surface area contributed by atoms with Crippen LogP contribution in [0.15, 0.2) is 0 Å². The van der Waals surface area contributed by atoms with Crippen LogP contribution in [0.3, 0.4) is 0 Å². The summed E-state index contributed by atoms with van der Waals surface area (Å²) in [6, 6.07) is 0. The van der Waals surface area contributed by atoms with Crippen LogP contribution in [0.1, 0.15) is 484 Å². The lowest BCUT2D eigenvalue weighted by Crippen LogP contribution is -1.93. The lowest BCUT2D eigenvalue weighted by molar-refractivity contribution is -0.138. The third-order valence-electron chi connectivity index (χ3n) is 17.5. The molecule has 0 aromatic heterocycles. The Labute approximate surface area is 560 Å². The summed E-state index contributed by atoms with van der Waals surface area (Å²) in [4.78, 5) is 51.5. The van der Waals surface area contributed by atoms with Gasteiger partial charge in [0.25, 0.3) is 0 Å². The lowest BCUT2D eigenvalue weighted by atomic mass is 10.0. The van der Waals surface area contributed by atoms with Crippen LogP contribution in [0.4, 0.5) is 0 Å². The van der Waals surface area contributed by atoms with Crippen molar-refractivity contribution in [2.24, 2.45) is 0 Å². The van der Waals surface area contributed by atoms with Crippen molar-refractivity contribution in [3.8, 4) is 0 Å². The van der Waals surface area contributed by atoms with Crippen molar-refractivity contribution in [1.29, 1.82) is 0 Å². The molecule has 90 heavy (non-hydrogen) atoms. The maximum absolute atomic E-state index is 10.4. The molecule has 10 heteroatoms. The SMILES string of the molecule is CCCCCCCCCCCC(=O)O.CCCCCCCCCCCCCC(=O)O.CCCCCCCCCCCCCCCC(=O)O.CCCCCCCCCCCCCCCCCC(=O)O.CCCCCCCCCCCCCCCCCCCC(=O)O. The Bertz CT molecular complexity index is 1350. The van der Waals surface area contributed by atoms with Gasteiger partial charge in [0.2, 0.25) is 0 Å². The highest BCUT2D eigenvalue weighted by Gasteiger charge is 2.02. The summed E-state index contributed by atoms with van der Waals surface area (Å²) in [5.41, 5.74) is 0. The Morgan fingerprint density at radius 1 is 0.133 bits per heavy atom. The van der Waals surface area contributed by atoms with Crippen LogP contribution < -0.4 is 0 Å². The first-order valence-electron chi connectivity index (χ1n) is 39.9. The minimum Gasteiger partial charge on any atom is -0.481 e. The molecular weight excluding hydrogens is 1120 g/mol. The fourth-order valence-corrected chi connectivity index (χ4v) is 11.5. The van der Waals surface area contributed by atoms with Crippen molar-refractivity contribution in [2.45, 2.75) is 484 Å². The number of carbonyl (C=O) groups is 5. The second kappa shape index (κ2) is 92.8. The predicted octanol–water partition coefficient (Wildman–Crippen LogP) is 27.8. The number of hydrogen-bond donors (Lipinski definition) is 5. The Kier molecular flexibility index (Phi) is 99.0. The van der Waals surface area contributed by atoms with Crippen LogP contribution in [0.5, 0.6) is 0 Å². The average molecular weight is 1280 g/mol. The van der Waals surface area contributed by atoms with E-state index in [1.807, 2.05) is 0 Å². The van der Waals surface area contributed by atoms with Gasteiger partial charge >= 0.3 is 29.8 Å². The third kappa shape index (κ3) is 116. The summed E-state index contributed by atoms with van der Waals surface area (Å²) in [5.74, 6) is -3.28. The molecule has 0 aliphatic carbocycles. The molecule has 0 bridgehead atoms. The molecule has 0 amide bonds. The average Bonchev–Trinajstić information content (AvgIpc) is 3.51. The van der Waals surface area contributed by atoms with Crippen LogP contribution >= 0.6 is 0 Å². The van der Waals surface area contributed by atoms with E-state index < -0.39 is 29.8 Å². The van der Waals surface area contributed by atoms with E-state index >= 15 is 0 Å². The van der Waals surface area contributed by atoms with Gasteiger partial charge in [0.05, 0.1) is 0 Å². The molecule has 0 saturated heterocycles. The summed E-state index contributed by atoms with van der Waals surface area (Å²) in [5, 5.41) is 42.4. The van der Waals surface area contributed by atoms with Crippen molar-refractivity contribution in [2.75, 3.05) is 0 Å². The topological polar surface area (TPSA) is 186 Å². The normalized spacial score (nSPS) is 10.7. The van der Waals surface area contributed by atoms with E-state index in [4.69, 9.17) is 25.5 Å². The Morgan fingerprint density at radius 2 is 0.200 bits per heavy atom. The molecule has 0 saturated carbocycles. The maximum Gasteiger partial charge on any atom is 0.303 e. The van der Waals surface area contributed by atoms with Gasteiger partial charge in [0.1, 0.15) is 0 Å². The second-order valence-electron chi connectivity index (χ2n) is 26.9.